The van der Waals surface area contributed by atoms with E-state index in [4.69, 9.17) is 9.47 Å². The summed E-state index contributed by atoms with van der Waals surface area (Å²) in [7, 11) is 3.35. The van der Waals surface area contributed by atoms with Crippen LogP contribution in [0.2, 0.25) is 0 Å². The molecular formula is C17H27NO2. The molecule has 112 valence electrons. The second-order valence-electron chi connectivity index (χ2n) is 5.83. The van der Waals surface area contributed by atoms with Gasteiger partial charge in [-0.3, -0.25) is 0 Å². The van der Waals surface area contributed by atoms with E-state index in [0.29, 0.717) is 6.04 Å². The zero-order valence-electron chi connectivity index (χ0n) is 12.9. The predicted molar refractivity (Wildman–Crippen MR) is 82.7 cm³/mol. The van der Waals surface area contributed by atoms with Gasteiger partial charge in [-0.2, -0.15) is 0 Å². The quantitative estimate of drug-likeness (QED) is 0.702. The highest BCUT2D eigenvalue weighted by molar-refractivity contribution is 5.43. The maximum Gasteiger partial charge on any atom is 0.160 e. The van der Waals surface area contributed by atoms with Gasteiger partial charge in [0.2, 0.25) is 0 Å². The molecule has 1 saturated carbocycles. The van der Waals surface area contributed by atoms with Crippen LogP contribution in [0.3, 0.4) is 0 Å². The Morgan fingerprint density at radius 3 is 2.60 bits per heavy atom. The summed E-state index contributed by atoms with van der Waals surface area (Å²) in [4.78, 5) is 0. The molecule has 1 aliphatic rings. The number of methoxy groups -OCH3 is 2. The number of nitrogens with one attached hydrogen (secondary N) is 1. The molecule has 1 aromatic rings. The van der Waals surface area contributed by atoms with Crippen molar-refractivity contribution in [1.82, 2.24) is 5.32 Å². The highest BCUT2D eigenvalue weighted by atomic mass is 16.5. The number of benzene rings is 1. The average Bonchev–Trinajstić information content (AvgIpc) is 3.27. The maximum atomic E-state index is 5.34. The molecule has 1 aromatic carbocycles. The Labute approximate surface area is 122 Å². The van der Waals surface area contributed by atoms with Gasteiger partial charge < -0.3 is 14.8 Å². The van der Waals surface area contributed by atoms with Crippen molar-refractivity contribution in [2.24, 2.45) is 5.92 Å². The lowest BCUT2D eigenvalue weighted by Gasteiger charge is -2.15. The largest absolute Gasteiger partial charge is 0.493 e. The lowest BCUT2D eigenvalue weighted by atomic mass is 10.1. The van der Waals surface area contributed by atoms with Crippen LogP contribution in [0.25, 0.3) is 0 Å². The van der Waals surface area contributed by atoms with E-state index in [1.54, 1.807) is 14.2 Å². The van der Waals surface area contributed by atoms with Gasteiger partial charge in [0, 0.05) is 6.04 Å². The molecule has 1 fully saturated rings. The van der Waals surface area contributed by atoms with Crippen molar-refractivity contribution in [3.8, 4) is 11.5 Å². The predicted octanol–water partition coefficient (Wildman–Crippen LogP) is 3.41. The molecule has 3 nitrogen and oxygen atoms in total. The van der Waals surface area contributed by atoms with E-state index in [-0.39, 0.29) is 0 Å². The molecule has 0 bridgehead atoms. The van der Waals surface area contributed by atoms with Crippen LogP contribution in [0.5, 0.6) is 11.5 Å². The summed E-state index contributed by atoms with van der Waals surface area (Å²) in [6.07, 6.45) is 6.64. The van der Waals surface area contributed by atoms with E-state index in [2.05, 4.69) is 24.4 Å². The van der Waals surface area contributed by atoms with Crippen LogP contribution in [-0.4, -0.2) is 26.8 Å². The third-order valence-electron chi connectivity index (χ3n) is 3.97. The van der Waals surface area contributed by atoms with Crippen LogP contribution in [0.1, 0.15) is 38.2 Å². The van der Waals surface area contributed by atoms with Crippen molar-refractivity contribution in [2.45, 2.75) is 45.1 Å². The van der Waals surface area contributed by atoms with Crippen molar-refractivity contribution in [1.29, 1.82) is 0 Å². The molecule has 0 aromatic heterocycles. The van der Waals surface area contributed by atoms with Gasteiger partial charge in [-0.15, -0.1) is 0 Å². The fourth-order valence-corrected chi connectivity index (χ4v) is 2.58. The molecule has 0 amide bonds. The highest BCUT2D eigenvalue weighted by Crippen LogP contribution is 2.33. The van der Waals surface area contributed by atoms with Gasteiger partial charge in [-0.05, 0) is 56.3 Å². The van der Waals surface area contributed by atoms with Crippen LogP contribution in [0.15, 0.2) is 18.2 Å². The first kappa shape index (κ1) is 15.2. The number of hydrogen-bond acceptors (Lipinski definition) is 3. The van der Waals surface area contributed by atoms with E-state index >= 15 is 0 Å². The molecule has 1 N–H and O–H groups in total. The minimum atomic E-state index is 0.493. The van der Waals surface area contributed by atoms with Crippen molar-refractivity contribution >= 4 is 0 Å². The van der Waals surface area contributed by atoms with Crippen LogP contribution >= 0.6 is 0 Å². The van der Waals surface area contributed by atoms with Crippen LogP contribution in [0.4, 0.5) is 0 Å². The topological polar surface area (TPSA) is 30.5 Å². The zero-order chi connectivity index (χ0) is 14.4. The molecule has 1 atom stereocenters. The maximum absolute atomic E-state index is 5.34. The second-order valence-corrected chi connectivity index (χ2v) is 5.83. The summed E-state index contributed by atoms with van der Waals surface area (Å²) >= 11 is 0. The average molecular weight is 277 g/mol. The van der Waals surface area contributed by atoms with Gasteiger partial charge in [-0.25, -0.2) is 0 Å². The summed E-state index contributed by atoms with van der Waals surface area (Å²) in [5.74, 6) is 2.64. The third kappa shape index (κ3) is 4.71. The second kappa shape index (κ2) is 7.53. The van der Waals surface area contributed by atoms with Gasteiger partial charge in [0.15, 0.2) is 11.5 Å². The fraction of sp³-hybridized carbons (Fsp3) is 0.647. The molecule has 0 heterocycles. The van der Waals surface area contributed by atoms with Crippen molar-refractivity contribution in [2.75, 3.05) is 20.8 Å². The van der Waals surface area contributed by atoms with Gasteiger partial charge in [0.1, 0.15) is 0 Å². The van der Waals surface area contributed by atoms with Crippen LogP contribution in [0, 0.1) is 5.92 Å². The Morgan fingerprint density at radius 2 is 1.95 bits per heavy atom. The minimum absolute atomic E-state index is 0.493. The van der Waals surface area contributed by atoms with Gasteiger partial charge in [0.25, 0.3) is 0 Å². The van der Waals surface area contributed by atoms with E-state index in [1.807, 2.05) is 6.07 Å². The summed E-state index contributed by atoms with van der Waals surface area (Å²) in [5.41, 5.74) is 1.28. The first-order chi connectivity index (χ1) is 9.72. The van der Waals surface area contributed by atoms with Crippen LogP contribution < -0.4 is 14.8 Å². The molecule has 0 radical (unpaired) electrons. The molecule has 1 unspecified atom stereocenters. The normalized spacial score (nSPS) is 15.9. The molecule has 3 heteroatoms. The molecule has 0 saturated heterocycles. The SMILES string of the molecule is COc1ccc(CC(C)NCCCC2CC2)cc1OC. The van der Waals surface area contributed by atoms with E-state index in [9.17, 15) is 0 Å². The molecule has 0 spiro atoms. The molecule has 1 aliphatic carbocycles. The summed E-state index contributed by atoms with van der Waals surface area (Å²) < 4.78 is 10.6. The standard InChI is InChI=1S/C17H27NO2/c1-13(18-10-4-5-14-6-7-14)11-15-8-9-16(19-2)17(12-15)20-3/h8-9,12-14,18H,4-7,10-11H2,1-3H3. The van der Waals surface area contributed by atoms with Gasteiger partial charge in [0.05, 0.1) is 14.2 Å². The summed E-state index contributed by atoms with van der Waals surface area (Å²) in [5, 5.41) is 3.61. The lowest BCUT2D eigenvalue weighted by Crippen LogP contribution is -2.29. The van der Waals surface area contributed by atoms with E-state index in [1.165, 1.54) is 31.2 Å². The van der Waals surface area contributed by atoms with E-state index in [0.717, 1.165) is 30.4 Å². The third-order valence-corrected chi connectivity index (χ3v) is 3.97. The fourth-order valence-electron chi connectivity index (χ4n) is 2.58. The number of rotatable bonds is 9. The monoisotopic (exact) mass is 277 g/mol. The summed E-state index contributed by atoms with van der Waals surface area (Å²) in [6, 6.07) is 6.66. The van der Waals surface area contributed by atoms with Crippen LogP contribution in [-0.2, 0) is 6.42 Å². The number of hydrogen-bond donors (Lipinski definition) is 1. The zero-order valence-corrected chi connectivity index (χ0v) is 12.9. The minimum Gasteiger partial charge on any atom is -0.493 e. The summed E-state index contributed by atoms with van der Waals surface area (Å²) in [6.45, 7) is 3.37. The lowest BCUT2D eigenvalue weighted by molar-refractivity contribution is 0.354. The van der Waals surface area contributed by atoms with E-state index < -0.39 is 0 Å². The highest BCUT2D eigenvalue weighted by Gasteiger charge is 2.20. The molecule has 2 rings (SSSR count). The first-order valence-electron chi connectivity index (χ1n) is 7.67. The Bertz CT molecular complexity index is 415. The van der Waals surface area contributed by atoms with Crippen molar-refractivity contribution in [3.63, 3.8) is 0 Å². The van der Waals surface area contributed by atoms with Crippen molar-refractivity contribution in [3.05, 3.63) is 23.8 Å². The number of ether oxygens (including phenoxy) is 2. The van der Waals surface area contributed by atoms with Gasteiger partial charge in [-0.1, -0.05) is 18.9 Å². The Balaban J connectivity index is 1.75. The van der Waals surface area contributed by atoms with Gasteiger partial charge >= 0.3 is 0 Å². The molecule has 0 aliphatic heterocycles. The molecular weight excluding hydrogens is 250 g/mol. The smallest absolute Gasteiger partial charge is 0.160 e. The molecule has 20 heavy (non-hydrogen) atoms. The Hall–Kier alpha value is -1.22. The Morgan fingerprint density at radius 1 is 1.20 bits per heavy atom. The first-order valence-corrected chi connectivity index (χ1v) is 7.67. The van der Waals surface area contributed by atoms with Crippen molar-refractivity contribution < 1.29 is 9.47 Å². The Kier molecular flexibility index (Phi) is 5.72.